The highest BCUT2D eigenvalue weighted by Gasteiger charge is 2.09. The molecule has 0 fully saturated rings. The first-order valence-corrected chi connectivity index (χ1v) is 7.64. The summed E-state index contributed by atoms with van der Waals surface area (Å²) in [7, 11) is 0. The third-order valence-electron chi connectivity index (χ3n) is 2.40. The van der Waals surface area contributed by atoms with E-state index in [9.17, 15) is 0 Å². The fourth-order valence-corrected chi connectivity index (χ4v) is 2.08. The zero-order chi connectivity index (χ0) is 15.2. The Bertz CT molecular complexity index is 601. The summed E-state index contributed by atoms with van der Waals surface area (Å²) in [5.41, 5.74) is 0.696. The maximum absolute atomic E-state index is 6.15. The van der Waals surface area contributed by atoms with Crippen molar-refractivity contribution in [2.24, 2.45) is 0 Å². The minimum Gasteiger partial charge on any atom is -0.464 e. The first-order chi connectivity index (χ1) is 10.1. The van der Waals surface area contributed by atoms with Gasteiger partial charge in [0.15, 0.2) is 0 Å². The molecule has 21 heavy (non-hydrogen) atoms. The molecule has 1 aromatic heterocycles. The monoisotopic (exact) mass is 371 g/mol. The van der Waals surface area contributed by atoms with E-state index in [0.717, 1.165) is 4.47 Å². The van der Waals surface area contributed by atoms with Gasteiger partial charge in [0.05, 0.1) is 17.3 Å². The van der Waals surface area contributed by atoms with Crippen LogP contribution in [-0.2, 0) is 0 Å². The lowest BCUT2D eigenvalue weighted by Gasteiger charge is -2.10. The normalized spacial score (nSPS) is 10.3. The fraction of sp³-hybridized carbons (Fsp3) is 0.308. The molecule has 2 rings (SSSR count). The Labute approximate surface area is 136 Å². The lowest BCUT2D eigenvalue weighted by Crippen LogP contribution is -2.09. The van der Waals surface area contributed by atoms with Crippen molar-refractivity contribution in [3.8, 4) is 6.01 Å². The Morgan fingerprint density at radius 3 is 2.67 bits per heavy atom. The molecule has 0 unspecified atom stereocenters. The van der Waals surface area contributed by atoms with Crippen LogP contribution in [0, 0.1) is 0 Å². The predicted molar refractivity (Wildman–Crippen MR) is 87.6 cm³/mol. The number of rotatable bonds is 6. The van der Waals surface area contributed by atoms with Crippen molar-refractivity contribution >= 4 is 45.1 Å². The maximum atomic E-state index is 6.15. The van der Waals surface area contributed by atoms with Crippen LogP contribution in [0.15, 0.2) is 22.7 Å². The van der Waals surface area contributed by atoms with Gasteiger partial charge in [0, 0.05) is 11.0 Å². The Hall–Kier alpha value is -1.60. The molecule has 0 spiro atoms. The van der Waals surface area contributed by atoms with E-state index in [1.54, 1.807) is 6.07 Å². The van der Waals surface area contributed by atoms with Crippen LogP contribution in [0.25, 0.3) is 0 Å². The highest BCUT2D eigenvalue weighted by molar-refractivity contribution is 9.10. The average Bonchev–Trinajstić information content (AvgIpc) is 2.43. The number of hydrogen-bond acceptors (Lipinski definition) is 6. The summed E-state index contributed by atoms with van der Waals surface area (Å²) in [6.45, 7) is 5.01. The first-order valence-electron chi connectivity index (χ1n) is 6.47. The van der Waals surface area contributed by atoms with Gasteiger partial charge in [-0.15, -0.1) is 0 Å². The second-order valence-corrected chi connectivity index (χ2v) is 5.30. The van der Waals surface area contributed by atoms with E-state index in [4.69, 9.17) is 16.3 Å². The zero-order valence-corrected chi connectivity index (χ0v) is 14.0. The number of anilines is 3. The molecule has 0 aliphatic carbocycles. The van der Waals surface area contributed by atoms with E-state index in [1.807, 2.05) is 26.0 Å². The van der Waals surface area contributed by atoms with Crippen LogP contribution in [0.1, 0.15) is 13.8 Å². The van der Waals surface area contributed by atoms with Crippen molar-refractivity contribution in [2.45, 2.75) is 13.8 Å². The van der Waals surface area contributed by atoms with E-state index in [1.165, 1.54) is 0 Å². The summed E-state index contributed by atoms with van der Waals surface area (Å²) in [5.74, 6) is 0.814. The number of hydrogen-bond donors (Lipinski definition) is 2. The molecule has 0 amide bonds. The average molecular weight is 373 g/mol. The third kappa shape index (κ3) is 4.44. The summed E-state index contributed by atoms with van der Waals surface area (Å²) in [4.78, 5) is 12.6. The summed E-state index contributed by atoms with van der Waals surface area (Å²) >= 11 is 9.55. The van der Waals surface area contributed by atoms with Crippen LogP contribution in [0.3, 0.4) is 0 Å². The van der Waals surface area contributed by atoms with Crippen molar-refractivity contribution < 1.29 is 4.74 Å². The standard InChI is InChI=1S/C13H15BrClN5O/c1-3-16-11-18-12(20-13(19-11)21-4-2)17-10-7-8(14)5-6-9(10)15/h5-7H,3-4H2,1-2H3,(H2,16,17,18,19,20). The van der Waals surface area contributed by atoms with Crippen LogP contribution in [-0.4, -0.2) is 28.1 Å². The van der Waals surface area contributed by atoms with Crippen LogP contribution in [0.2, 0.25) is 5.02 Å². The summed E-state index contributed by atoms with van der Waals surface area (Å²) in [5, 5.41) is 6.67. The molecule has 6 nitrogen and oxygen atoms in total. The number of aromatic nitrogens is 3. The van der Waals surface area contributed by atoms with Crippen LogP contribution in [0.4, 0.5) is 17.6 Å². The molecule has 2 N–H and O–H groups in total. The van der Waals surface area contributed by atoms with Gasteiger partial charge in [0.25, 0.3) is 0 Å². The van der Waals surface area contributed by atoms with E-state index in [-0.39, 0.29) is 6.01 Å². The van der Waals surface area contributed by atoms with E-state index < -0.39 is 0 Å². The number of ether oxygens (including phenoxy) is 1. The van der Waals surface area contributed by atoms with Gasteiger partial charge >= 0.3 is 6.01 Å². The number of halogens is 2. The second-order valence-electron chi connectivity index (χ2n) is 3.98. The van der Waals surface area contributed by atoms with Gasteiger partial charge < -0.3 is 15.4 Å². The topological polar surface area (TPSA) is 72.0 Å². The molecule has 2 aromatic rings. The Balaban J connectivity index is 2.31. The molecule has 0 atom stereocenters. The van der Waals surface area contributed by atoms with Crippen LogP contribution >= 0.6 is 27.5 Å². The summed E-state index contributed by atoms with van der Waals surface area (Å²) in [6.07, 6.45) is 0. The molecule has 8 heteroatoms. The Kier molecular flexibility index (Phi) is 5.58. The minimum atomic E-state index is 0.261. The quantitative estimate of drug-likeness (QED) is 0.802. The lowest BCUT2D eigenvalue weighted by molar-refractivity contribution is 0.312. The molecule has 1 aromatic carbocycles. The number of benzene rings is 1. The summed E-state index contributed by atoms with van der Waals surface area (Å²) < 4.78 is 6.24. The molecule has 0 aliphatic rings. The zero-order valence-electron chi connectivity index (χ0n) is 11.7. The molecule has 0 saturated carbocycles. The number of nitrogens with zero attached hydrogens (tertiary/aromatic N) is 3. The van der Waals surface area contributed by atoms with Crippen molar-refractivity contribution in [1.82, 2.24) is 15.0 Å². The van der Waals surface area contributed by atoms with E-state index in [0.29, 0.717) is 35.8 Å². The Morgan fingerprint density at radius 1 is 1.19 bits per heavy atom. The van der Waals surface area contributed by atoms with Gasteiger partial charge in [0.1, 0.15) is 0 Å². The second kappa shape index (κ2) is 7.42. The molecule has 0 aliphatic heterocycles. The van der Waals surface area contributed by atoms with E-state index >= 15 is 0 Å². The molecular formula is C13H15BrClN5O. The minimum absolute atomic E-state index is 0.261. The highest BCUT2D eigenvalue weighted by Crippen LogP contribution is 2.28. The van der Waals surface area contributed by atoms with Gasteiger partial charge in [-0.2, -0.15) is 15.0 Å². The smallest absolute Gasteiger partial charge is 0.323 e. The maximum Gasteiger partial charge on any atom is 0.323 e. The third-order valence-corrected chi connectivity index (χ3v) is 3.22. The van der Waals surface area contributed by atoms with E-state index in [2.05, 4.69) is 41.5 Å². The van der Waals surface area contributed by atoms with Gasteiger partial charge in [-0.1, -0.05) is 27.5 Å². The van der Waals surface area contributed by atoms with Gasteiger partial charge in [-0.3, -0.25) is 0 Å². The Morgan fingerprint density at radius 2 is 1.95 bits per heavy atom. The first kappa shape index (κ1) is 15.8. The largest absolute Gasteiger partial charge is 0.464 e. The SMILES string of the molecule is CCNc1nc(Nc2cc(Br)ccc2Cl)nc(OCC)n1. The highest BCUT2D eigenvalue weighted by atomic mass is 79.9. The van der Waals surface area contributed by atoms with Crippen molar-refractivity contribution in [3.63, 3.8) is 0 Å². The number of nitrogens with one attached hydrogen (secondary N) is 2. The van der Waals surface area contributed by atoms with Crippen molar-refractivity contribution in [1.29, 1.82) is 0 Å². The van der Waals surface area contributed by atoms with Crippen molar-refractivity contribution in [2.75, 3.05) is 23.8 Å². The van der Waals surface area contributed by atoms with Gasteiger partial charge in [-0.25, -0.2) is 0 Å². The molecule has 1 heterocycles. The predicted octanol–water partition coefficient (Wildman–Crippen LogP) is 3.86. The molecule has 0 radical (unpaired) electrons. The molecule has 0 bridgehead atoms. The fourth-order valence-electron chi connectivity index (χ4n) is 1.56. The van der Waals surface area contributed by atoms with Crippen molar-refractivity contribution in [3.05, 3.63) is 27.7 Å². The van der Waals surface area contributed by atoms with Crippen LogP contribution < -0.4 is 15.4 Å². The van der Waals surface area contributed by atoms with Gasteiger partial charge in [-0.05, 0) is 32.0 Å². The molecule has 112 valence electrons. The molecular weight excluding hydrogens is 358 g/mol. The lowest BCUT2D eigenvalue weighted by atomic mass is 10.3. The van der Waals surface area contributed by atoms with Crippen LogP contribution in [0.5, 0.6) is 6.01 Å². The molecule has 0 saturated heterocycles. The summed E-state index contributed by atoms with van der Waals surface area (Å²) in [6, 6.07) is 5.75. The van der Waals surface area contributed by atoms with Gasteiger partial charge in [0.2, 0.25) is 11.9 Å².